The summed E-state index contributed by atoms with van der Waals surface area (Å²) in [6, 6.07) is 20.4. The molecule has 1 heterocycles. The van der Waals surface area contributed by atoms with Crippen molar-refractivity contribution < 1.29 is 26.7 Å². The molecule has 37 heavy (non-hydrogen) atoms. The van der Waals surface area contributed by atoms with Gasteiger partial charge in [-0.1, -0.05) is 48.5 Å². The maximum Gasteiger partial charge on any atom is 0.259 e. The predicted molar refractivity (Wildman–Crippen MR) is 138 cm³/mol. The Balaban J connectivity index is 1.66. The van der Waals surface area contributed by atoms with E-state index in [1.807, 2.05) is 0 Å². The molecule has 1 aliphatic heterocycles. The first kappa shape index (κ1) is 26.5. The number of nitrogens with one attached hydrogen (secondary N) is 1. The fraction of sp³-hybridized carbons (Fsp3) is 0.200. The van der Waals surface area contributed by atoms with Gasteiger partial charge in [-0.05, 0) is 43.3 Å². The number of phenols is 1. The van der Waals surface area contributed by atoms with E-state index in [9.17, 15) is 26.7 Å². The molecule has 2 N–H and O–H groups in total. The molecule has 0 aromatic heterocycles. The molecule has 4 rings (SSSR count). The number of piperazine rings is 1. The van der Waals surface area contributed by atoms with E-state index in [0.29, 0.717) is 5.56 Å². The third-order valence-electron chi connectivity index (χ3n) is 5.96. The zero-order chi connectivity index (χ0) is 26.6. The van der Waals surface area contributed by atoms with Gasteiger partial charge in [0.25, 0.3) is 5.91 Å². The van der Waals surface area contributed by atoms with Crippen LogP contribution in [0.3, 0.4) is 0 Å². The highest BCUT2D eigenvalue weighted by molar-refractivity contribution is 7.89. The van der Waals surface area contributed by atoms with Gasteiger partial charge in [0, 0.05) is 25.2 Å². The van der Waals surface area contributed by atoms with Crippen molar-refractivity contribution in [2.75, 3.05) is 19.6 Å². The zero-order valence-electron chi connectivity index (χ0n) is 19.9. The highest BCUT2D eigenvalue weighted by Gasteiger charge is 2.43. The van der Waals surface area contributed by atoms with Crippen molar-refractivity contribution in [3.05, 3.63) is 90.5 Å². The Hall–Kier alpha value is -3.58. The van der Waals surface area contributed by atoms with Crippen LogP contribution in [-0.4, -0.2) is 67.8 Å². The quantitative estimate of drug-likeness (QED) is 0.346. The molecule has 1 amide bonds. The summed E-state index contributed by atoms with van der Waals surface area (Å²) in [6.07, 6.45) is 0. The lowest BCUT2D eigenvalue weighted by atomic mass is 10.1. The molecule has 0 radical (unpaired) electrons. The molecule has 12 heteroatoms. The fourth-order valence-corrected chi connectivity index (χ4v) is 7.03. The van der Waals surface area contributed by atoms with E-state index in [1.165, 1.54) is 30.3 Å². The Morgan fingerprint density at radius 2 is 1.38 bits per heavy atom. The zero-order valence-corrected chi connectivity index (χ0v) is 21.6. The van der Waals surface area contributed by atoms with Gasteiger partial charge in [-0.2, -0.15) is 13.7 Å². The van der Waals surface area contributed by atoms with Gasteiger partial charge in [-0.15, -0.1) is 0 Å². The van der Waals surface area contributed by atoms with Crippen LogP contribution in [0, 0.1) is 0 Å². The van der Waals surface area contributed by atoms with Gasteiger partial charge in [0.15, 0.2) is 0 Å². The molecule has 0 saturated carbocycles. The number of carbonyl (C=O) groups excluding carboxylic acids is 1. The van der Waals surface area contributed by atoms with Crippen molar-refractivity contribution in [2.45, 2.75) is 22.8 Å². The summed E-state index contributed by atoms with van der Waals surface area (Å²) in [4.78, 5) is 13.3. The number of hydrogen-bond acceptors (Lipinski definition) is 7. The fourth-order valence-electron chi connectivity index (χ4n) is 3.98. The third-order valence-corrected chi connectivity index (χ3v) is 9.76. The minimum atomic E-state index is -4.12. The number of phenolic OH excluding ortho intramolecular Hbond substituents is 1. The lowest BCUT2D eigenvalue weighted by Crippen LogP contribution is -2.60. The van der Waals surface area contributed by atoms with Crippen molar-refractivity contribution in [2.24, 2.45) is 5.10 Å². The Labute approximate surface area is 216 Å². The van der Waals surface area contributed by atoms with Gasteiger partial charge in [-0.3, -0.25) is 4.79 Å². The monoisotopic (exact) mass is 542 g/mol. The largest absolute Gasteiger partial charge is 0.507 e. The Bertz CT molecular complexity index is 1510. The molecule has 1 saturated heterocycles. The van der Waals surface area contributed by atoms with E-state index in [0.717, 1.165) is 8.61 Å². The summed E-state index contributed by atoms with van der Waals surface area (Å²) >= 11 is 0. The number of hydrazone groups is 1. The lowest BCUT2D eigenvalue weighted by Gasteiger charge is -2.38. The van der Waals surface area contributed by atoms with Crippen LogP contribution in [0.4, 0.5) is 0 Å². The molecule has 0 spiro atoms. The molecule has 194 valence electrons. The second kappa shape index (κ2) is 10.8. The molecule has 3 aromatic carbocycles. The van der Waals surface area contributed by atoms with Crippen LogP contribution >= 0.6 is 0 Å². The molecule has 0 aliphatic carbocycles. The highest BCUT2D eigenvalue weighted by atomic mass is 32.2. The Morgan fingerprint density at radius 3 is 1.97 bits per heavy atom. The second-order valence-electron chi connectivity index (χ2n) is 8.31. The SMILES string of the molecule is C/C(=N/NC(=O)[C@@H]1CN(S(=O)(=O)c2ccccc2)CCN1S(=O)(=O)c1ccccc1)c1ccccc1O. The molecule has 1 atom stereocenters. The number of sulfonamides is 2. The highest BCUT2D eigenvalue weighted by Crippen LogP contribution is 2.25. The number of para-hydroxylation sites is 1. The normalized spacial score (nSPS) is 17.9. The van der Waals surface area contributed by atoms with Gasteiger partial charge in [0.05, 0.1) is 15.5 Å². The van der Waals surface area contributed by atoms with E-state index in [2.05, 4.69) is 10.5 Å². The molecule has 10 nitrogen and oxygen atoms in total. The Kier molecular flexibility index (Phi) is 7.73. The summed E-state index contributed by atoms with van der Waals surface area (Å²) in [5, 5.41) is 14.1. The van der Waals surface area contributed by atoms with Gasteiger partial charge >= 0.3 is 0 Å². The lowest BCUT2D eigenvalue weighted by molar-refractivity contribution is -0.125. The number of benzene rings is 3. The first-order chi connectivity index (χ1) is 17.6. The number of amides is 1. The van der Waals surface area contributed by atoms with Crippen LogP contribution in [-0.2, 0) is 24.8 Å². The number of aromatic hydroxyl groups is 1. The average Bonchev–Trinajstić information content (AvgIpc) is 2.92. The van der Waals surface area contributed by atoms with E-state index in [1.54, 1.807) is 61.5 Å². The van der Waals surface area contributed by atoms with Crippen molar-refractivity contribution in [1.82, 2.24) is 14.0 Å². The van der Waals surface area contributed by atoms with Gasteiger partial charge in [-0.25, -0.2) is 22.3 Å². The number of carbonyl (C=O) groups is 1. The van der Waals surface area contributed by atoms with Crippen LogP contribution < -0.4 is 5.43 Å². The molecule has 1 aliphatic rings. The number of rotatable bonds is 7. The van der Waals surface area contributed by atoms with Crippen LogP contribution in [0.15, 0.2) is 99.8 Å². The van der Waals surface area contributed by atoms with Gasteiger partial charge in [0.1, 0.15) is 11.8 Å². The maximum absolute atomic E-state index is 13.4. The molecule has 3 aromatic rings. The molecular weight excluding hydrogens is 516 g/mol. The first-order valence-electron chi connectivity index (χ1n) is 11.4. The molecule has 1 fully saturated rings. The summed E-state index contributed by atoms with van der Waals surface area (Å²) in [6.45, 7) is 0.804. The van der Waals surface area contributed by atoms with Crippen molar-refractivity contribution >= 4 is 31.7 Å². The minimum Gasteiger partial charge on any atom is -0.507 e. The summed E-state index contributed by atoms with van der Waals surface area (Å²) < 4.78 is 55.5. The molecular formula is C25H26N4O6S2. The van der Waals surface area contributed by atoms with Crippen LogP contribution in [0.25, 0.3) is 0 Å². The second-order valence-corrected chi connectivity index (χ2v) is 12.1. The third kappa shape index (κ3) is 5.57. The molecule has 0 unspecified atom stereocenters. The summed E-state index contributed by atoms with van der Waals surface area (Å²) in [5.41, 5.74) is 3.02. The van der Waals surface area contributed by atoms with E-state index < -0.39 is 38.5 Å². The van der Waals surface area contributed by atoms with E-state index in [-0.39, 0.29) is 34.3 Å². The van der Waals surface area contributed by atoms with Gasteiger partial charge in [0.2, 0.25) is 20.0 Å². The van der Waals surface area contributed by atoms with Crippen molar-refractivity contribution in [3.8, 4) is 5.75 Å². The predicted octanol–water partition coefficient (Wildman–Crippen LogP) is 2.00. The van der Waals surface area contributed by atoms with Crippen LogP contribution in [0.1, 0.15) is 12.5 Å². The van der Waals surface area contributed by atoms with Crippen molar-refractivity contribution in [1.29, 1.82) is 0 Å². The first-order valence-corrected chi connectivity index (χ1v) is 14.2. The van der Waals surface area contributed by atoms with E-state index in [4.69, 9.17) is 0 Å². The molecule has 0 bridgehead atoms. The maximum atomic E-state index is 13.4. The van der Waals surface area contributed by atoms with Gasteiger partial charge < -0.3 is 5.11 Å². The summed E-state index contributed by atoms with van der Waals surface area (Å²) in [7, 11) is -8.10. The summed E-state index contributed by atoms with van der Waals surface area (Å²) in [5.74, 6) is -0.841. The Morgan fingerprint density at radius 1 is 0.838 bits per heavy atom. The van der Waals surface area contributed by atoms with Crippen LogP contribution in [0.2, 0.25) is 0 Å². The average molecular weight is 543 g/mol. The van der Waals surface area contributed by atoms with Crippen molar-refractivity contribution in [3.63, 3.8) is 0 Å². The number of nitrogens with zero attached hydrogens (tertiary/aromatic N) is 3. The topological polar surface area (TPSA) is 136 Å². The smallest absolute Gasteiger partial charge is 0.259 e. The number of hydrogen-bond donors (Lipinski definition) is 2. The standard InChI is InChI=1S/C25H26N4O6S2/c1-19(22-14-8-9-15-24(22)30)26-27-25(31)23-18-28(36(32,33)20-10-4-2-5-11-20)16-17-29(23)37(34,35)21-12-6-3-7-13-21/h2-15,23,30H,16-18H2,1H3,(H,27,31)/b26-19-/t23-/m0/s1. The van der Waals surface area contributed by atoms with E-state index >= 15 is 0 Å². The van der Waals surface area contributed by atoms with Crippen LogP contribution in [0.5, 0.6) is 5.75 Å². The minimum absolute atomic E-state index is 0.0129.